The van der Waals surface area contributed by atoms with Crippen LogP contribution in [0.5, 0.6) is 0 Å². The largest absolute Gasteiger partial charge is 0.467 e. The average molecular weight is 238 g/mol. The predicted molar refractivity (Wildman–Crippen MR) is 62.5 cm³/mol. The topological polar surface area (TPSA) is 68.7 Å². The monoisotopic (exact) mass is 238 g/mol. The zero-order valence-corrected chi connectivity index (χ0v) is 10.2. The van der Waals surface area contributed by atoms with Crippen molar-refractivity contribution in [3.63, 3.8) is 0 Å². The molecule has 17 heavy (non-hydrogen) atoms. The van der Waals surface area contributed by atoms with Crippen molar-refractivity contribution < 1.29 is 13.9 Å². The number of rotatable bonds is 2. The fourth-order valence-corrected chi connectivity index (χ4v) is 2.15. The molecule has 1 saturated heterocycles. The van der Waals surface area contributed by atoms with Gasteiger partial charge in [0.25, 0.3) is 5.91 Å². The highest BCUT2D eigenvalue weighted by Gasteiger charge is 2.30. The number of furan rings is 1. The molecule has 2 heterocycles. The number of hydrogen-bond acceptors (Lipinski definition) is 4. The highest BCUT2D eigenvalue weighted by Crippen LogP contribution is 2.18. The first kappa shape index (κ1) is 12.1. The Labute approximate surface area is 101 Å². The quantitative estimate of drug-likeness (QED) is 0.834. The zero-order chi connectivity index (χ0) is 12.4. The average Bonchev–Trinajstić information content (AvgIpc) is 2.77. The van der Waals surface area contributed by atoms with Gasteiger partial charge in [-0.2, -0.15) is 0 Å². The highest BCUT2D eigenvalue weighted by molar-refractivity contribution is 5.94. The number of morpholine rings is 1. The lowest BCUT2D eigenvalue weighted by atomic mass is 10.1. The van der Waals surface area contributed by atoms with Gasteiger partial charge in [-0.25, -0.2) is 0 Å². The van der Waals surface area contributed by atoms with Crippen molar-refractivity contribution in [1.29, 1.82) is 0 Å². The summed E-state index contributed by atoms with van der Waals surface area (Å²) in [5.41, 5.74) is 6.02. The van der Waals surface area contributed by atoms with Crippen LogP contribution in [0.4, 0.5) is 0 Å². The van der Waals surface area contributed by atoms with Crippen molar-refractivity contribution in [2.24, 2.45) is 5.73 Å². The molecule has 5 heteroatoms. The third kappa shape index (κ3) is 2.35. The molecule has 0 spiro atoms. The number of carbonyl (C=O) groups is 1. The second-order valence-corrected chi connectivity index (χ2v) is 4.45. The first-order valence-corrected chi connectivity index (χ1v) is 5.81. The summed E-state index contributed by atoms with van der Waals surface area (Å²) in [6.45, 7) is 5.44. The standard InChI is InChI=1S/C12H18N2O3/c1-8-5-16-6-9(2)14(8)12(15)10-3-11(4-13)17-7-10/h3,7-9H,4-6,13H2,1-2H3. The first-order chi connectivity index (χ1) is 8.13. The second kappa shape index (κ2) is 4.89. The van der Waals surface area contributed by atoms with Crippen LogP contribution >= 0.6 is 0 Å². The number of hydrogen-bond donors (Lipinski definition) is 1. The van der Waals surface area contributed by atoms with Crippen molar-refractivity contribution >= 4 is 5.91 Å². The summed E-state index contributed by atoms with van der Waals surface area (Å²) < 4.78 is 10.6. The summed E-state index contributed by atoms with van der Waals surface area (Å²) in [7, 11) is 0. The van der Waals surface area contributed by atoms with E-state index in [1.165, 1.54) is 6.26 Å². The molecule has 1 aromatic heterocycles. The Hall–Kier alpha value is -1.33. The third-order valence-electron chi connectivity index (χ3n) is 3.00. The van der Waals surface area contributed by atoms with Gasteiger partial charge in [-0.1, -0.05) is 0 Å². The second-order valence-electron chi connectivity index (χ2n) is 4.45. The SMILES string of the molecule is CC1COCC(C)N1C(=O)c1coc(CN)c1. The van der Waals surface area contributed by atoms with Crippen molar-refractivity contribution in [2.75, 3.05) is 13.2 Å². The van der Waals surface area contributed by atoms with Crippen LogP contribution < -0.4 is 5.73 Å². The van der Waals surface area contributed by atoms with E-state index in [0.717, 1.165) is 0 Å². The summed E-state index contributed by atoms with van der Waals surface area (Å²) in [5, 5.41) is 0. The molecular formula is C12H18N2O3. The molecule has 0 aromatic carbocycles. The maximum atomic E-state index is 12.3. The van der Waals surface area contributed by atoms with Crippen LogP contribution in [-0.4, -0.2) is 36.1 Å². The normalized spacial score (nSPS) is 25.0. The molecule has 2 rings (SSSR count). The van der Waals surface area contributed by atoms with Crippen LogP contribution in [0.3, 0.4) is 0 Å². The summed E-state index contributed by atoms with van der Waals surface area (Å²) in [5.74, 6) is 0.610. The van der Waals surface area contributed by atoms with E-state index in [1.807, 2.05) is 18.7 Å². The molecule has 2 N–H and O–H groups in total. The van der Waals surface area contributed by atoms with Gasteiger partial charge >= 0.3 is 0 Å². The van der Waals surface area contributed by atoms with E-state index < -0.39 is 0 Å². The minimum Gasteiger partial charge on any atom is -0.467 e. The molecule has 0 radical (unpaired) electrons. The van der Waals surface area contributed by atoms with Crippen LogP contribution in [0.1, 0.15) is 30.0 Å². The van der Waals surface area contributed by atoms with E-state index in [0.29, 0.717) is 31.1 Å². The Morgan fingerprint density at radius 1 is 1.47 bits per heavy atom. The molecule has 1 aliphatic rings. The lowest BCUT2D eigenvalue weighted by Gasteiger charge is -2.38. The lowest BCUT2D eigenvalue weighted by Crippen LogP contribution is -2.52. The van der Waals surface area contributed by atoms with E-state index in [4.69, 9.17) is 14.9 Å². The lowest BCUT2D eigenvalue weighted by molar-refractivity contribution is -0.0249. The van der Waals surface area contributed by atoms with Gasteiger partial charge in [-0.05, 0) is 19.9 Å². The number of amides is 1. The van der Waals surface area contributed by atoms with Crippen LogP contribution in [0, 0.1) is 0 Å². The molecule has 2 unspecified atom stereocenters. The first-order valence-electron chi connectivity index (χ1n) is 5.81. The zero-order valence-electron chi connectivity index (χ0n) is 10.2. The highest BCUT2D eigenvalue weighted by atomic mass is 16.5. The Balaban J connectivity index is 2.17. The molecule has 1 amide bonds. The summed E-state index contributed by atoms with van der Waals surface area (Å²) in [4.78, 5) is 14.2. The molecular weight excluding hydrogens is 220 g/mol. The van der Waals surface area contributed by atoms with Crippen LogP contribution in [0.2, 0.25) is 0 Å². The van der Waals surface area contributed by atoms with E-state index in [1.54, 1.807) is 6.07 Å². The number of ether oxygens (including phenoxy) is 1. The van der Waals surface area contributed by atoms with E-state index in [-0.39, 0.29) is 18.0 Å². The Kier molecular flexibility index (Phi) is 3.49. The smallest absolute Gasteiger partial charge is 0.257 e. The molecule has 1 aromatic rings. The van der Waals surface area contributed by atoms with Crippen molar-refractivity contribution in [2.45, 2.75) is 32.5 Å². The minimum absolute atomic E-state index is 0.0169. The van der Waals surface area contributed by atoms with Gasteiger partial charge in [0, 0.05) is 0 Å². The maximum Gasteiger partial charge on any atom is 0.257 e. The van der Waals surface area contributed by atoms with Crippen molar-refractivity contribution in [3.8, 4) is 0 Å². The van der Waals surface area contributed by atoms with Gasteiger partial charge in [0.2, 0.25) is 0 Å². The van der Waals surface area contributed by atoms with E-state index in [9.17, 15) is 4.79 Å². The van der Waals surface area contributed by atoms with Gasteiger partial charge in [-0.3, -0.25) is 4.79 Å². The molecule has 1 aliphatic heterocycles. The van der Waals surface area contributed by atoms with E-state index in [2.05, 4.69) is 0 Å². The maximum absolute atomic E-state index is 12.3. The van der Waals surface area contributed by atoms with Gasteiger partial charge in [-0.15, -0.1) is 0 Å². The molecule has 1 fully saturated rings. The fourth-order valence-electron chi connectivity index (χ4n) is 2.15. The Bertz CT molecular complexity index is 392. The molecule has 0 bridgehead atoms. The summed E-state index contributed by atoms with van der Waals surface area (Å²) in [6.07, 6.45) is 1.47. The summed E-state index contributed by atoms with van der Waals surface area (Å²) >= 11 is 0. The molecule has 94 valence electrons. The van der Waals surface area contributed by atoms with Crippen molar-refractivity contribution in [3.05, 3.63) is 23.7 Å². The predicted octanol–water partition coefficient (Wildman–Crippen LogP) is 0.988. The van der Waals surface area contributed by atoms with Crippen molar-refractivity contribution in [1.82, 2.24) is 4.90 Å². The van der Waals surface area contributed by atoms with Gasteiger partial charge < -0.3 is 19.8 Å². The molecule has 0 aliphatic carbocycles. The fraction of sp³-hybridized carbons (Fsp3) is 0.583. The minimum atomic E-state index is -0.0169. The van der Waals surface area contributed by atoms with Crippen LogP contribution in [-0.2, 0) is 11.3 Å². The number of nitrogens with two attached hydrogens (primary N) is 1. The van der Waals surface area contributed by atoms with Gasteiger partial charge in [0.1, 0.15) is 12.0 Å². The van der Waals surface area contributed by atoms with Crippen LogP contribution in [0.15, 0.2) is 16.7 Å². The number of nitrogens with zero attached hydrogens (tertiary/aromatic N) is 1. The number of carbonyl (C=O) groups excluding carboxylic acids is 1. The summed E-state index contributed by atoms with van der Waals surface area (Å²) in [6, 6.07) is 1.88. The van der Waals surface area contributed by atoms with Gasteiger partial charge in [0.15, 0.2) is 0 Å². The van der Waals surface area contributed by atoms with E-state index >= 15 is 0 Å². The Morgan fingerprint density at radius 3 is 2.65 bits per heavy atom. The Morgan fingerprint density at radius 2 is 2.12 bits per heavy atom. The molecule has 0 saturated carbocycles. The third-order valence-corrected chi connectivity index (χ3v) is 3.00. The van der Waals surface area contributed by atoms with Crippen LogP contribution in [0.25, 0.3) is 0 Å². The molecule has 2 atom stereocenters. The molecule has 5 nitrogen and oxygen atoms in total. The van der Waals surface area contributed by atoms with Gasteiger partial charge in [0.05, 0.1) is 37.4 Å².